The van der Waals surface area contributed by atoms with E-state index in [0.29, 0.717) is 6.07 Å². The van der Waals surface area contributed by atoms with Crippen molar-refractivity contribution in [1.29, 1.82) is 0 Å². The molecule has 1 aromatic carbocycles. The fourth-order valence-corrected chi connectivity index (χ4v) is 1.84. The number of carbonyl (C=O) groups excluding carboxylic acids is 1. The van der Waals surface area contributed by atoms with Crippen molar-refractivity contribution in [2.24, 2.45) is 5.89 Å². The summed E-state index contributed by atoms with van der Waals surface area (Å²) in [6.45, 7) is 3.30. The van der Waals surface area contributed by atoms with Crippen LogP contribution in [0.4, 0.5) is 4.39 Å². The molecule has 1 fully saturated rings. The molecule has 0 saturated heterocycles. The Morgan fingerprint density at radius 2 is 2.04 bits per heavy atom. The van der Waals surface area contributed by atoms with Crippen molar-refractivity contribution in [3.05, 3.63) is 28.5 Å². The summed E-state index contributed by atoms with van der Waals surface area (Å²) in [5, 5.41) is -0.399. The largest absolute Gasteiger partial charge is 0.492 e. The lowest BCUT2D eigenvalue weighted by atomic mass is 9.90. The molecule has 23 heavy (non-hydrogen) atoms. The number of esters is 1. The van der Waals surface area contributed by atoms with Crippen LogP contribution in [0.5, 0.6) is 5.75 Å². The van der Waals surface area contributed by atoms with Gasteiger partial charge in [-0.1, -0.05) is 30.7 Å². The summed E-state index contributed by atoms with van der Waals surface area (Å²) in [5.41, 5.74) is -1.50. The zero-order valence-corrected chi connectivity index (χ0v) is 13.6. The first-order chi connectivity index (χ1) is 14.9. The quantitative estimate of drug-likeness (QED) is 0.680. The molecule has 128 valence electrons. The smallest absolute Gasteiger partial charge is 0.341 e. The molecule has 2 rings (SSSR count). The third kappa shape index (κ3) is 5.38. The van der Waals surface area contributed by atoms with Gasteiger partial charge in [-0.25, -0.2) is 9.18 Å². The minimum Gasteiger partial charge on any atom is -0.492 e. The summed E-state index contributed by atoms with van der Waals surface area (Å²) in [4.78, 5) is 12.2. The lowest BCUT2D eigenvalue weighted by Crippen LogP contribution is -2.24. The molecule has 3 nitrogen and oxygen atoms in total. The van der Waals surface area contributed by atoms with Gasteiger partial charge in [0.1, 0.15) is 17.2 Å². The van der Waals surface area contributed by atoms with E-state index >= 15 is 0 Å². The van der Waals surface area contributed by atoms with E-state index in [9.17, 15) is 9.18 Å². The van der Waals surface area contributed by atoms with Crippen molar-refractivity contribution in [3.8, 4) is 5.75 Å². The first-order valence-corrected chi connectivity index (χ1v) is 7.12. The van der Waals surface area contributed by atoms with Gasteiger partial charge >= 0.3 is 5.97 Å². The monoisotopic (exact) mass is 353 g/mol. The zero-order chi connectivity index (χ0) is 26.9. The second-order valence-electron chi connectivity index (χ2n) is 5.66. The maximum absolute atomic E-state index is 14.6. The van der Waals surface area contributed by atoms with Gasteiger partial charge in [0.05, 0.1) is 17.2 Å². The van der Waals surface area contributed by atoms with Crippen LogP contribution in [-0.4, -0.2) is 18.2 Å². The molecule has 0 heterocycles. The van der Waals surface area contributed by atoms with Crippen LogP contribution in [0.2, 0.25) is 5.02 Å². The van der Waals surface area contributed by atoms with Gasteiger partial charge in [0.25, 0.3) is 0 Å². The third-order valence-corrected chi connectivity index (χ3v) is 2.86. The molecule has 0 N–H and O–H groups in total. The van der Waals surface area contributed by atoms with Crippen LogP contribution in [0.3, 0.4) is 0 Å². The molecule has 5 heteroatoms. The van der Waals surface area contributed by atoms with Gasteiger partial charge in [-0.2, -0.15) is 0 Å². The SMILES string of the molecule is [2H]C1([2H])C([2H])([2H])C([2H])([2H])C([2H])(COc2cc(F)c(C(=O)OC(C)(C)C)cc2Cl)C([2H])([2H])C1([2H])[2H]. The molecule has 0 unspecified atom stereocenters. The van der Waals surface area contributed by atoms with Crippen molar-refractivity contribution < 1.29 is 33.7 Å². The summed E-state index contributed by atoms with van der Waals surface area (Å²) >= 11 is 6.02. The molecule has 0 amide bonds. The molecule has 0 aromatic heterocycles. The topological polar surface area (TPSA) is 35.5 Å². The first kappa shape index (κ1) is 8.19. The Morgan fingerprint density at radius 1 is 1.39 bits per heavy atom. The molecule has 1 aliphatic carbocycles. The lowest BCUT2D eigenvalue weighted by Gasteiger charge is -2.22. The lowest BCUT2D eigenvalue weighted by molar-refractivity contribution is 0.00646. The highest BCUT2D eigenvalue weighted by atomic mass is 35.5. The number of rotatable bonds is 4. The number of hydrogen-bond donors (Lipinski definition) is 0. The molecule has 0 aliphatic heterocycles. The van der Waals surface area contributed by atoms with Gasteiger partial charge in [0.2, 0.25) is 0 Å². The fraction of sp³-hybridized carbons (Fsp3) is 0.611. The molecule has 0 radical (unpaired) electrons. The average molecular weight is 354 g/mol. The highest BCUT2D eigenvalue weighted by molar-refractivity contribution is 6.32. The summed E-state index contributed by atoms with van der Waals surface area (Å²) in [7, 11) is 0. The van der Waals surface area contributed by atoms with Crippen LogP contribution in [-0.2, 0) is 4.74 Å². The zero-order valence-electron chi connectivity index (χ0n) is 23.8. The number of carbonyl (C=O) groups is 1. The average Bonchev–Trinajstić information content (AvgIpc) is 2.64. The second-order valence-corrected chi connectivity index (χ2v) is 6.06. The number of hydrogen-bond acceptors (Lipinski definition) is 3. The van der Waals surface area contributed by atoms with Crippen molar-refractivity contribution in [1.82, 2.24) is 0 Å². The minimum absolute atomic E-state index is 0.399. The number of halogens is 2. The van der Waals surface area contributed by atoms with Gasteiger partial charge in [-0.3, -0.25) is 0 Å². The second kappa shape index (κ2) is 7.52. The van der Waals surface area contributed by atoms with Gasteiger partial charge in [-0.15, -0.1) is 0 Å². The maximum atomic E-state index is 14.6. The van der Waals surface area contributed by atoms with Crippen LogP contribution in [0.25, 0.3) is 0 Å². The molecular formula is C18H24ClFO3. The highest BCUT2D eigenvalue weighted by Gasteiger charge is 2.23. The third-order valence-electron chi connectivity index (χ3n) is 2.56. The summed E-state index contributed by atoms with van der Waals surface area (Å²) in [6, 6.07) is 1.46. The Hall–Kier alpha value is -1.29. The normalized spacial score (nSPS) is 35.6. The van der Waals surface area contributed by atoms with Crippen LogP contribution in [0.1, 0.15) is 78.1 Å². The van der Waals surface area contributed by atoms with E-state index in [1.807, 2.05) is 0 Å². The van der Waals surface area contributed by atoms with Crippen LogP contribution < -0.4 is 4.74 Å². The van der Waals surface area contributed by atoms with Crippen LogP contribution >= 0.6 is 11.6 Å². The van der Waals surface area contributed by atoms with Crippen molar-refractivity contribution in [3.63, 3.8) is 0 Å². The van der Waals surface area contributed by atoms with Crippen LogP contribution in [0.15, 0.2) is 12.1 Å². The summed E-state index contributed by atoms with van der Waals surface area (Å²) in [6.07, 6.45) is -18.3. The fourth-order valence-electron chi connectivity index (χ4n) is 1.63. The molecule has 0 atom stereocenters. The van der Waals surface area contributed by atoms with Crippen molar-refractivity contribution in [2.45, 2.75) is 58.2 Å². The molecular weight excluding hydrogens is 319 g/mol. The van der Waals surface area contributed by atoms with E-state index in [2.05, 4.69) is 0 Å². The summed E-state index contributed by atoms with van der Waals surface area (Å²) in [5.74, 6) is -6.12. The Kier molecular flexibility index (Phi) is 2.68. The standard InChI is InChI=1S/C18H24ClFO3/c1-18(2,3)23-17(21)13-9-14(19)16(10-15(13)20)22-11-12-7-5-4-6-8-12/h9-10,12H,4-8,11H2,1-3H3/i4D2,5D2,6D2,7D2,8D2,12D. The predicted molar refractivity (Wildman–Crippen MR) is 88.6 cm³/mol. The molecule has 1 saturated carbocycles. The molecule has 0 spiro atoms. The Bertz CT molecular complexity index is 962. The molecule has 1 aliphatic rings. The van der Waals surface area contributed by atoms with E-state index in [-0.39, 0.29) is 0 Å². The highest BCUT2D eigenvalue weighted by Crippen LogP contribution is 2.31. The van der Waals surface area contributed by atoms with Gasteiger partial charge in [0, 0.05) is 21.1 Å². The molecule has 1 aromatic rings. The van der Waals surface area contributed by atoms with E-state index in [1.165, 1.54) is 0 Å². The van der Waals surface area contributed by atoms with E-state index < -0.39 is 78.1 Å². The van der Waals surface area contributed by atoms with Crippen molar-refractivity contribution in [2.75, 3.05) is 6.61 Å². The predicted octanol–water partition coefficient (Wildman–Crippen LogP) is 5.39. The maximum Gasteiger partial charge on any atom is 0.341 e. The first-order valence-electron chi connectivity index (χ1n) is 12.2. The number of ether oxygens (including phenoxy) is 2. The Balaban J connectivity index is 2.49. The Labute approximate surface area is 157 Å². The van der Waals surface area contributed by atoms with Gasteiger partial charge in [-0.05, 0) is 45.5 Å². The summed E-state index contributed by atoms with van der Waals surface area (Å²) < 4.78 is 113. The van der Waals surface area contributed by atoms with E-state index in [4.69, 9.17) is 36.2 Å². The van der Waals surface area contributed by atoms with E-state index in [0.717, 1.165) is 6.07 Å². The van der Waals surface area contributed by atoms with E-state index in [1.54, 1.807) is 20.8 Å². The van der Waals surface area contributed by atoms with Crippen LogP contribution in [0, 0.1) is 11.7 Å². The number of benzene rings is 1. The van der Waals surface area contributed by atoms with Gasteiger partial charge in [0.15, 0.2) is 0 Å². The van der Waals surface area contributed by atoms with Gasteiger partial charge < -0.3 is 9.47 Å². The van der Waals surface area contributed by atoms with Crippen molar-refractivity contribution >= 4 is 17.6 Å². The Morgan fingerprint density at radius 3 is 2.65 bits per heavy atom. The molecule has 0 bridgehead atoms. The minimum atomic E-state index is -3.67.